The number of hydrogen-bond donors (Lipinski definition) is 0. The van der Waals surface area contributed by atoms with Crippen molar-refractivity contribution in [3.05, 3.63) is 23.3 Å². The van der Waals surface area contributed by atoms with Gasteiger partial charge in [-0.1, -0.05) is 33.3 Å². The minimum atomic E-state index is -0.940. The van der Waals surface area contributed by atoms with Crippen molar-refractivity contribution < 1.29 is 19.0 Å². The van der Waals surface area contributed by atoms with E-state index in [1.807, 2.05) is 12.1 Å². The molecule has 0 unspecified atom stereocenters. The number of cyclic esters (lactones) is 1. The van der Waals surface area contributed by atoms with Gasteiger partial charge in [0.2, 0.25) is 5.79 Å². The zero-order valence-corrected chi connectivity index (χ0v) is 14.2. The Labute approximate surface area is 132 Å². The van der Waals surface area contributed by atoms with Gasteiger partial charge >= 0.3 is 5.97 Å². The molecule has 22 heavy (non-hydrogen) atoms. The molecule has 0 spiro atoms. The first-order chi connectivity index (χ1) is 10.3. The van der Waals surface area contributed by atoms with Crippen molar-refractivity contribution in [3.8, 4) is 11.5 Å². The lowest BCUT2D eigenvalue weighted by Gasteiger charge is -2.33. The van der Waals surface area contributed by atoms with Crippen molar-refractivity contribution in [3.63, 3.8) is 0 Å². The Hall–Kier alpha value is -1.71. The zero-order chi connectivity index (χ0) is 16.3. The van der Waals surface area contributed by atoms with Crippen LogP contribution in [0.15, 0.2) is 12.1 Å². The minimum Gasteiger partial charge on any atom is -0.492 e. The van der Waals surface area contributed by atoms with Gasteiger partial charge in [0.1, 0.15) is 17.1 Å². The van der Waals surface area contributed by atoms with Crippen LogP contribution in [-0.2, 0) is 11.2 Å². The summed E-state index contributed by atoms with van der Waals surface area (Å²) in [6, 6.07) is 3.84. The Morgan fingerprint density at radius 2 is 1.95 bits per heavy atom. The smallest absolute Gasteiger partial charge is 0.349 e. The highest BCUT2D eigenvalue weighted by molar-refractivity contribution is 5.97. The van der Waals surface area contributed by atoms with Crippen molar-refractivity contribution in [1.29, 1.82) is 0 Å². The largest absolute Gasteiger partial charge is 0.492 e. The monoisotopic (exact) mass is 306 g/mol. The molecule has 0 amide bonds. The van der Waals surface area contributed by atoms with Gasteiger partial charge in [0, 0.05) is 13.8 Å². The number of carbonyl (C=O) groups excluding carboxylic acids is 1. The number of benzene rings is 1. The van der Waals surface area contributed by atoms with Crippen LogP contribution in [0.5, 0.6) is 11.5 Å². The molecular weight excluding hydrogens is 280 g/mol. The summed E-state index contributed by atoms with van der Waals surface area (Å²) in [6.07, 6.45) is 2.85. The summed E-state index contributed by atoms with van der Waals surface area (Å²) in [5.74, 6) is 0.331. The molecule has 122 valence electrons. The molecule has 0 bridgehead atoms. The van der Waals surface area contributed by atoms with Crippen molar-refractivity contribution in [1.82, 2.24) is 0 Å². The first kappa shape index (κ1) is 16.7. The Balaban J connectivity index is 2.42. The van der Waals surface area contributed by atoms with Crippen LogP contribution in [0.25, 0.3) is 0 Å². The third-order valence-corrected chi connectivity index (χ3v) is 3.47. The van der Waals surface area contributed by atoms with Gasteiger partial charge in [0.15, 0.2) is 0 Å². The summed E-state index contributed by atoms with van der Waals surface area (Å²) in [7, 11) is 0. The molecule has 0 fully saturated rings. The second-order valence-corrected chi connectivity index (χ2v) is 6.62. The molecule has 0 aromatic heterocycles. The quantitative estimate of drug-likeness (QED) is 0.579. The lowest BCUT2D eigenvalue weighted by Crippen LogP contribution is -2.39. The first-order valence-electron chi connectivity index (χ1n) is 8.05. The van der Waals surface area contributed by atoms with Gasteiger partial charge in [-0.3, -0.25) is 0 Å². The Morgan fingerprint density at radius 1 is 1.23 bits per heavy atom. The molecule has 0 N–H and O–H groups in total. The highest BCUT2D eigenvalue weighted by Crippen LogP contribution is 2.40. The summed E-state index contributed by atoms with van der Waals surface area (Å²) in [6.45, 7) is 10.5. The summed E-state index contributed by atoms with van der Waals surface area (Å²) in [4.78, 5) is 12.4. The zero-order valence-electron chi connectivity index (χ0n) is 14.2. The van der Waals surface area contributed by atoms with Crippen LogP contribution in [0.2, 0.25) is 0 Å². The van der Waals surface area contributed by atoms with E-state index in [9.17, 15) is 4.79 Å². The summed E-state index contributed by atoms with van der Waals surface area (Å²) < 4.78 is 17.1. The number of ether oxygens (including phenoxy) is 3. The third kappa shape index (κ3) is 3.73. The van der Waals surface area contributed by atoms with E-state index in [2.05, 4.69) is 20.8 Å². The van der Waals surface area contributed by atoms with Gasteiger partial charge in [-0.2, -0.15) is 0 Å². The second kappa shape index (κ2) is 6.59. The lowest BCUT2D eigenvalue weighted by molar-refractivity contribution is -0.127. The predicted octanol–water partition coefficient (Wildman–Crippen LogP) is 4.35. The fourth-order valence-corrected chi connectivity index (χ4v) is 2.53. The molecule has 1 aliphatic heterocycles. The van der Waals surface area contributed by atoms with E-state index in [1.165, 1.54) is 0 Å². The fourth-order valence-electron chi connectivity index (χ4n) is 2.53. The number of unbranched alkanes of at least 4 members (excludes halogenated alkanes) is 1. The Kier molecular flexibility index (Phi) is 4.99. The highest BCUT2D eigenvalue weighted by atomic mass is 16.7. The van der Waals surface area contributed by atoms with E-state index >= 15 is 0 Å². The topological polar surface area (TPSA) is 44.8 Å². The van der Waals surface area contributed by atoms with Crippen molar-refractivity contribution in [2.24, 2.45) is 5.92 Å². The SMILES string of the molecule is CCCCOc1c(CC(C)C)ccc2c1C(=O)OC(C)(C)O2. The van der Waals surface area contributed by atoms with E-state index in [-0.39, 0.29) is 5.97 Å². The second-order valence-electron chi connectivity index (χ2n) is 6.62. The Morgan fingerprint density at radius 3 is 2.59 bits per heavy atom. The maximum atomic E-state index is 12.4. The summed E-state index contributed by atoms with van der Waals surface area (Å²) in [5.41, 5.74) is 1.46. The van der Waals surface area contributed by atoms with Crippen LogP contribution in [0.3, 0.4) is 0 Å². The molecule has 4 nitrogen and oxygen atoms in total. The average molecular weight is 306 g/mol. The van der Waals surface area contributed by atoms with Gasteiger partial charge in [0.25, 0.3) is 0 Å². The normalized spacial score (nSPS) is 16.0. The van der Waals surface area contributed by atoms with Crippen LogP contribution in [0.4, 0.5) is 0 Å². The van der Waals surface area contributed by atoms with Gasteiger partial charge in [-0.25, -0.2) is 4.79 Å². The van der Waals surface area contributed by atoms with Crippen molar-refractivity contribution in [2.75, 3.05) is 6.61 Å². The standard InChI is InChI=1S/C18H26O4/c1-6-7-10-20-16-13(11-12(2)3)8-9-14-15(16)17(19)22-18(4,5)21-14/h8-9,12H,6-7,10-11H2,1-5H3. The fraction of sp³-hybridized carbons (Fsp3) is 0.611. The molecule has 1 aliphatic rings. The van der Waals surface area contributed by atoms with E-state index < -0.39 is 5.79 Å². The average Bonchev–Trinajstić information content (AvgIpc) is 2.39. The summed E-state index contributed by atoms with van der Waals surface area (Å²) in [5, 5.41) is 0. The number of fused-ring (bicyclic) bond motifs is 1. The molecule has 4 heteroatoms. The molecule has 1 aromatic carbocycles. The predicted molar refractivity (Wildman–Crippen MR) is 85.5 cm³/mol. The minimum absolute atomic E-state index is 0.372. The molecular formula is C18H26O4. The molecule has 0 radical (unpaired) electrons. The van der Waals surface area contributed by atoms with Crippen LogP contribution in [0, 0.1) is 5.92 Å². The van der Waals surface area contributed by atoms with Gasteiger partial charge in [0.05, 0.1) is 6.61 Å². The van der Waals surface area contributed by atoms with E-state index in [4.69, 9.17) is 14.2 Å². The van der Waals surface area contributed by atoms with Crippen molar-refractivity contribution >= 4 is 5.97 Å². The van der Waals surface area contributed by atoms with Gasteiger partial charge in [-0.15, -0.1) is 0 Å². The molecule has 0 aliphatic carbocycles. The molecule has 1 heterocycles. The van der Waals surface area contributed by atoms with E-state index in [0.29, 0.717) is 29.6 Å². The molecule has 2 rings (SSSR count). The summed E-state index contributed by atoms with van der Waals surface area (Å²) >= 11 is 0. The highest BCUT2D eigenvalue weighted by Gasteiger charge is 2.37. The number of carbonyl (C=O) groups is 1. The van der Waals surface area contributed by atoms with Crippen LogP contribution < -0.4 is 9.47 Å². The van der Waals surface area contributed by atoms with Crippen molar-refractivity contribution in [2.45, 2.75) is 59.7 Å². The van der Waals surface area contributed by atoms with E-state index in [1.54, 1.807) is 13.8 Å². The number of rotatable bonds is 6. The molecule has 0 atom stereocenters. The van der Waals surface area contributed by atoms with Crippen LogP contribution >= 0.6 is 0 Å². The molecule has 0 saturated heterocycles. The molecule has 1 aromatic rings. The first-order valence-corrected chi connectivity index (χ1v) is 8.05. The number of hydrogen-bond acceptors (Lipinski definition) is 4. The van der Waals surface area contributed by atoms with Gasteiger partial charge < -0.3 is 14.2 Å². The van der Waals surface area contributed by atoms with Crippen LogP contribution in [0.1, 0.15) is 63.4 Å². The maximum absolute atomic E-state index is 12.4. The number of esters is 1. The van der Waals surface area contributed by atoms with Crippen LogP contribution in [-0.4, -0.2) is 18.4 Å². The lowest BCUT2D eigenvalue weighted by atomic mass is 9.98. The maximum Gasteiger partial charge on any atom is 0.349 e. The molecule has 0 saturated carbocycles. The third-order valence-electron chi connectivity index (χ3n) is 3.47. The van der Waals surface area contributed by atoms with Gasteiger partial charge in [-0.05, 0) is 30.4 Å². The Bertz CT molecular complexity index is 546. The van der Waals surface area contributed by atoms with E-state index in [0.717, 1.165) is 24.8 Å².